The van der Waals surface area contributed by atoms with Crippen LogP contribution in [0.1, 0.15) is 10.5 Å². The zero-order chi connectivity index (χ0) is 14.7. The molecule has 9 heteroatoms. The molecule has 1 fully saturated rings. The molecule has 0 saturated carbocycles. The average molecular weight is 283 g/mol. The van der Waals surface area contributed by atoms with E-state index in [1.54, 1.807) is 0 Å². The van der Waals surface area contributed by atoms with Gasteiger partial charge in [-0.05, 0) is 0 Å². The van der Waals surface area contributed by atoms with Crippen molar-refractivity contribution in [2.75, 3.05) is 26.9 Å². The lowest BCUT2D eigenvalue weighted by atomic mass is 10.2. The Morgan fingerprint density at radius 1 is 1.40 bits per heavy atom. The molecule has 1 unspecified atom stereocenters. The monoisotopic (exact) mass is 283 g/mol. The summed E-state index contributed by atoms with van der Waals surface area (Å²) in [5.41, 5.74) is -1.67. The fourth-order valence-electron chi connectivity index (χ4n) is 1.92. The minimum Gasteiger partial charge on any atom is -0.467 e. The van der Waals surface area contributed by atoms with Crippen molar-refractivity contribution in [3.8, 4) is 0 Å². The maximum Gasteiger partial charge on any atom is 0.331 e. The molecule has 1 saturated heterocycles. The van der Waals surface area contributed by atoms with Crippen molar-refractivity contribution < 1.29 is 19.1 Å². The van der Waals surface area contributed by atoms with E-state index in [-0.39, 0.29) is 25.5 Å². The van der Waals surface area contributed by atoms with Gasteiger partial charge in [0.05, 0.1) is 20.3 Å². The SMILES string of the molecule is COC(=O)C1COCCN1C(=O)c1cc(=O)[nH]c(=O)[nH]1. The molecule has 2 heterocycles. The fourth-order valence-corrected chi connectivity index (χ4v) is 1.92. The van der Waals surface area contributed by atoms with E-state index in [1.807, 2.05) is 4.98 Å². The van der Waals surface area contributed by atoms with Gasteiger partial charge in [-0.3, -0.25) is 14.6 Å². The summed E-state index contributed by atoms with van der Waals surface area (Å²) in [4.78, 5) is 51.7. The molecule has 0 radical (unpaired) electrons. The molecule has 0 bridgehead atoms. The third kappa shape index (κ3) is 2.77. The average Bonchev–Trinajstić information content (AvgIpc) is 2.44. The highest BCUT2D eigenvalue weighted by molar-refractivity contribution is 5.95. The van der Waals surface area contributed by atoms with Crippen LogP contribution in [0.2, 0.25) is 0 Å². The summed E-state index contributed by atoms with van der Waals surface area (Å²) in [7, 11) is 1.20. The molecule has 1 aromatic rings. The molecule has 0 aliphatic carbocycles. The van der Waals surface area contributed by atoms with Crippen LogP contribution in [0, 0.1) is 0 Å². The van der Waals surface area contributed by atoms with Crippen LogP contribution in [0.25, 0.3) is 0 Å². The second-order valence-corrected chi connectivity index (χ2v) is 4.11. The number of hydrogen-bond acceptors (Lipinski definition) is 6. The number of carbonyl (C=O) groups is 2. The summed E-state index contributed by atoms with van der Waals surface area (Å²) in [6, 6.07) is 0.0668. The highest BCUT2D eigenvalue weighted by Crippen LogP contribution is 2.11. The smallest absolute Gasteiger partial charge is 0.331 e. The number of nitrogens with zero attached hydrogens (tertiary/aromatic N) is 1. The van der Waals surface area contributed by atoms with Gasteiger partial charge in [-0.2, -0.15) is 0 Å². The van der Waals surface area contributed by atoms with E-state index in [2.05, 4.69) is 9.72 Å². The summed E-state index contributed by atoms with van der Waals surface area (Å²) in [6.07, 6.45) is 0. The Morgan fingerprint density at radius 3 is 2.80 bits per heavy atom. The predicted octanol–water partition coefficient (Wildman–Crippen LogP) is -1.92. The van der Waals surface area contributed by atoms with Crippen LogP contribution < -0.4 is 11.2 Å². The van der Waals surface area contributed by atoms with E-state index in [0.717, 1.165) is 6.07 Å². The number of esters is 1. The third-order valence-electron chi connectivity index (χ3n) is 2.85. The van der Waals surface area contributed by atoms with Crippen molar-refractivity contribution in [3.05, 3.63) is 32.6 Å². The molecule has 1 aliphatic rings. The van der Waals surface area contributed by atoms with E-state index >= 15 is 0 Å². The molecule has 1 aromatic heterocycles. The van der Waals surface area contributed by atoms with Crippen molar-refractivity contribution in [1.82, 2.24) is 14.9 Å². The molecule has 9 nitrogen and oxygen atoms in total. The van der Waals surface area contributed by atoms with E-state index in [1.165, 1.54) is 12.0 Å². The van der Waals surface area contributed by atoms with Gasteiger partial charge in [-0.1, -0.05) is 0 Å². The normalized spacial score (nSPS) is 18.6. The molecule has 108 valence electrons. The van der Waals surface area contributed by atoms with Crippen molar-refractivity contribution in [1.29, 1.82) is 0 Å². The summed E-state index contributed by atoms with van der Waals surface area (Å²) < 4.78 is 9.74. The first-order valence-electron chi connectivity index (χ1n) is 5.83. The number of nitrogens with one attached hydrogen (secondary N) is 2. The Morgan fingerprint density at radius 2 is 2.15 bits per heavy atom. The van der Waals surface area contributed by atoms with Gasteiger partial charge in [-0.25, -0.2) is 9.59 Å². The summed E-state index contributed by atoms with van der Waals surface area (Å²) in [5.74, 6) is -1.25. The van der Waals surface area contributed by atoms with Crippen LogP contribution in [-0.4, -0.2) is 59.7 Å². The Kier molecular flexibility index (Phi) is 3.99. The molecule has 0 aromatic carbocycles. The van der Waals surface area contributed by atoms with Crippen molar-refractivity contribution >= 4 is 11.9 Å². The molecule has 0 spiro atoms. The molecular weight excluding hydrogens is 270 g/mol. The standard InChI is InChI=1S/C11H13N3O6/c1-19-10(17)7-5-20-3-2-14(7)9(16)6-4-8(15)13-11(18)12-6/h4,7H,2-3,5H2,1H3,(H2,12,13,15,18). The summed E-state index contributed by atoms with van der Waals surface area (Å²) in [5, 5.41) is 0. The van der Waals surface area contributed by atoms with Gasteiger partial charge in [0.25, 0.3) is 11.5 Å². The first kappa shape index (κ1) is 14.0. The van der Waals surface area contributed by atoms with Crippen molar-refractivity contribution in [2.45, 2.75) is 6.04 Å². The number of amides is 1. The number of rotatable bonds is 2. The van der Waals surface area contributed by atoms with Crippen molar-refractivity contribution in [3.63, 3.8) is 0 Å². The maximum atomic E-state index is 12.3. The molecule has 1 atom stereocenters. The van der Waals surface area contributed by atoms with Gasteiger partial charge in [0.1, 0.15) is 5.69 Å². The van der Waals surface area contributed by atoms with Crippen LogP contribution in [0.3, 0.4) is 0 Å². The number of methoxy groups -OCH3 is 1. The third-order valence-corrected chi connectivity index (χ3v) is 2.85. The number of carbonyl (C=O) groups excluding carboxylic acids is 2. The second kappa shape index (κ2) is 5.70. The highest BCUT2D eigenvalue weighted by atomic mass is 16.5. The molecule has 2 rings (SSSR count). The van der Waals surface area contributed by atoms with Gasteiger partial charge >= 0.3 is 11.7 Å². The van der Waals surface area contributed by atoms with Gasteiger partial charge < -0.3 is 19.4 Å². The number of morpholine rings is 1. The van der Waals surface area contributed by atoms with E-state index in [4.69, 9.17) is 4.74 Å². The maximum absolute atomic E-state index is 12.3. The number of hydrogen-bond donors (Lipinski definition) is 2. The fraction of sp³-hybridized carbons (Fsp3) is 0.455. The lowest BCUT2D eigenvalue weighted by Gasteiger charge is -2.33. The first-order valence-corrected chi connectivity index (χ1v) is 5.83. The lowest BCUT2D eigenvalue weighted by molar-refractivity contribution is -0.151. The zero-order valence-corrected chi connectivity index (χ0v) is 10.7. The molecular formula is C11H13N3O6. The Hall–Kier alpha value is -2.42. The van der Waals surface area contributed by atoms with E-state index in [0.29, 0.717) is 0 Å². The number of ether oxygens (including phenoxy) is 2. The number of H-pyrrole nitrogens is 2. The molecule has 1 amide bonds. The molecule has 20 heavy (non-hydrogen) atoms. The molecule has 2 N–H and O–H groups in total. The van der Waals surface area contributed by atoms with Crippen LogP contribution in [0.5, 0.6) is 0 Å². The lowest BCUT2D eigenvalue weighted by Crippen LogP contribution is -2.53. The number of aromatic nitrogens is 2. The number of aromatic amines is 2. The van der Waals surface area contributed by atoms with Gasteiger partial charge in [0, 0.05) is 12.6 Å². The van der Waals surface area contributed by atoms with Gasteiger partial charge in [-0.15, -0.1) is 0 Å². The second-order valence-electron chi connectivity index (χ2n) is 4.11. The van der Waals surface area contributed by atoms with Crippen LogP contribution in [0.4, 0.5) is 0 Å². The topological polar surface area (TPSA) is 122 Å². The highest BCUT2D eigenvalue weighted by Gasteiger charge is 2.34. The van der Waals surface area contributed by atoms with Crippen LogP contribution >= 0.6 is 0 Å². The van der Waals surface area contributed by atoms with Gasteiger partial charge in [0.15, 0.2) is 6.04 Å². The Bertz CT molecular complexity index is 605. The summed E-state index contributed by atoms with van der Waals surface area (Å²) >= 11 is 0. The molecule has 1 aliphatic heterocycles. The summed E-state index contributed by atoms with van der Waals surface area (Å²) in [6.45, 7) is 0.423. The minimum atomic E-state index is -0.899. The van der Waals surface area contributed by atoms with E-state index in [9.17, 15) is 19.2 Å². The largest absolute Gasteiger partial charge is 0.467 e. The predicted molar refractivity (Wildman–Crippen MR) is 65.3 cm³/mol. The van der Waals surface area contributed by atoms with Crippen LogP contribution in [0.15, 0.2) is 15.7 Å². The van der Waals surface area contributed by atoms with Gasteiger partial charge in [0.2, 0.25) is 0 Å². The Balaban J connectivity index is 2.32. The van der Waals surface area contributed by atoms with E-state index < -0.39 is 29.2 Å². The first-order chi connectivity index (χ1) is 9.52. The Labute approximate surface area is 112 Å². The van der Waals surface area contributed by atoms with Crippen LogP contribution in [-0.2, 0) is 14.3 Å². The minimum absolute atomic E-state index is 0.00579. The quantitative estimate of drug-likeness (QED) is 0.610. The van der Waals surface area contributed by atoms with Crippen molar-refractivity contribution in [2.24, 2.45) is 0 Å². The zero-order valence-electron chi connectivity index (χ0n) is 10.7.